The number of ether oxygens (including phenoxy) is 3. The zero-order valence-corrected chi connectivity index (χ0v) is 29.3. The molecule has 0 saturated carbocycles. The molecule has 0 bridgehead atoms. The van der Waals surface area contributed by atoms with Crippen molar-refractivity contribution in [1.82, 2.24) is 0 Å². The minimum atomic E-state index is -4.50. The van der Waals surface area contributed by atoms with Crippen LogP contribution in [0.4, 0.5) is 11.4 Å². The van der Waals surface area contributed by atoms with E-state index in [0.717, 1.165) is 50.3 Å². The minimum absolute atomic E-state index is 0.0392. The van der Waals surface area contributed by atoms with Crippen LogP contribution in [0.15, 0.2) is 48.0 Å². The molecule has 21 heteroatoms. The molecule has 0 amide bonds. The minimum Gasteiger partial charge on any atom is -0.492 e. The first-order valence-corrected chi connectivity index (χ1v) is 18.9. The molecule has 18 nitrogen and oxygen atoms in total. The second-order valence-corrected chi connectivity index (χ2v) is 15.0. The first-order valence-electron chi connectivity index (χ1n) is 13.4. The van der Waals surface area contributed by atoms with Crippen molar-refractivity contribution in [3.63, 3.8) is 0 Å². The van der Waals surface area contributed by atoms with Crippen LogP contribution >= 0.6 is 0 Å². The van der Waals surface area contributed by atoms with Crippen LogP contribution in [0.2, 0.25) is 0 Å². The van der Waals surface area contributed by atoms with E-state index < -0.39 is 97.0 Å². The molecule has 0 saturated heterocycles. The van der Waals surface area contributed by atoms with Crippen LogP contribution in [0, 0.1) is 20.2 Å². The van der Waals surface area contributed by atoms with Crippen LogP contribution in [0.25, 0.3) is 22.3 Å². The van der Waals surface area contributed by atoms with Crippen LogP contribution in [-0.2, 0) is 30.4 Å². The van der Waals surface area contributed by atoms with Crippen molar-refractivity contribution in [2.75, 3.05) is 39.6 Å². The molecule has 49 heavy (non-hydrogen) atoms. The van der Waals surface area contributed by atoms with Crippen LogP contribution in [0.3, 0.4) is 0 Å². The molecule has 0 N–H and O–H groups in total. The van der Waals surface area contributed by atoms with Crippen molar-refractivity contribution in [3.05, 3.63) is 68.3 Å². The summed E-state index contributed by atoms with van der Waals surface area (Å²) in [6, 6.07) is 6.44. The van der Waals surface area contributed by atoms with Gasteiger partial charge in [0.25, 0.3) is 0 Å². The summed E-state index contributed by atoms with van der Waals surface area (Å²) in [5, 5.41) is 25.0. The van der Waals surface area contributed by atoms with Gasteiger partial charge < -0.3 is 26.8 Å². The fraction of sp³-hybridized carbons (Fsp3) is 0.286. The topological polar surface area (TPSA) is 244 Å². The molecule has 3 rings (SSSR count). The molecule has 0 aliphatic rings. The number of hydrogen-bond acceptors (Lipinski definition) is 16. The van der Waals surface area contributed by atoms with Gasteiger partial charge in [0.05, 0.1) is 48.4 Å². The molecule has 0 atom stereocenters. The summed E-state index contributed by atoms with van der Waals surface area (Å²) < 4.78 is 104. The highest BCUT2D eigenvalue weighted by atomic mass is 32.2. The lowest BCUT2D eigenvalue weighted by molar-refractivity contribution is -0.385. The Morgan fingerprint density at radius 2 is 1.24 bits per heavy atom. The summed E-state index contributed by atoms with van der Waals surface area (Å²) in [5.41, 5.74) is -2.46. The standard InChI is InChI=1S/C28H30N2O16S3/c1-16(2)12-13-43-25-20(29(31)32)14-18(15-21(25)45-48(6,37)38)23-26(41-3)24(30(33)34)22(27(42-4)28(23)46-49(7,39)40)17-8-10-19(11-9-17)44-47(5,35)36/h8-12,14-15H,13H2,1-7H3. The SMILES string of the molecule is COc1c(OS(C)(=O)=O)c(-c2cc(OS(C)(=O)=O)c(OCC=C(C)C)c([N+](=O)[O-])c2)c(OC)c([N+](=O)[O-])c1-c1ccc(OS(C)(=O)=O)cc1. The molecule has 0 heterocycles. The summed E-state index contributed by atoms with van der Waals surface area (Å²) in [7, 11) is -10.8. The Hall–Kier alpha value is -5.15. The van der Waals surface area contributed by atoms with E-state index in [1.165, 1.54) is 18.2 Å². The lowest BCUT2D eigenvalue weighted by Crippen LogP contribution is -2.12. The van der Waals surface area contributed by atoms with Gasteiger partial charge in [-0.2, -0.15) is 25.3 Å². The van der Waals surface area contributed by atoms with Gasteiger partial charge in [0.2, 0.25) is 11.5 Å². The predicted octanol–water partition coefficient (Wildman–Crippen LogP) is 4.21. The van der Waals surface area contributed by atoms with E-state index in [2.05, 4.69) is 0 Å². The molecular formula is C28H30N2O16S3. The number of methoxy groups -OCH3 is 2. The predicted molar refractivity (Wildman–Crippen MR) is 175 cm³/mol. The van der Waals surface area contributed by atoms with E-state index in [1.807, 2.05) is 0 Å². The zero-order chi connectivity index (χ0) is 37.1. The Labute approximate surface area is 281 Å². The monoisotopic (exact) mass is 746 g/mol. The van der Waals surface area contributed by atoms with Crippen molar-refractivity contribution in [3.8, 4) is 56.8 Å². The van der Waals surface area contributed by atoms with Crippen molar-refractivity contribution >= 4 is 41.7 Å². The second kappa shape index (κ2) is 14.5. The molecule has 0 aromatic heterocycles. The van der Waals surface area contributed by atoms with Crippen LogP contribution < -0.4 is 26.8 Å². The highest BCUT2D eigenvalue weighted by Crippen LogP contribution is 2.58. The number of benzene rings is 3. The highest BCUT2D eigenvalue weighted by Gasteiger charge is 2.38. The number of nitro groups is 2. The van der Waals surface area contributed by atoms with Crippen LogP contribution in [0.5, 0.6) is 34.5 Å². The maximum absolute atomic E-state index is 12.7. The van der Waals surface area contributed by atoms with Crippen molar-refractivity contribution in [2.24, 2.45) is 0 Å². The highest BCUT2D eigenvalue weighted by molar-refractivity contribution is 7.86. The molecule has 0 unspecified atom stereocenters. The largest absolute Gasteiger partial charge is 0.492 e. The lowest BCUT2D eigenvalue weighted by atomic mass is 9.94. The number of rotatable bonds is 15. The number of nitro benzene ring substituents is 2. The molecular weight excluding hydrogens is 717 g/mol. The van der Waals surface area contributed by atoms with E-state index in [9.17, 15) is 45.5 Å². The fourth-order valence-corrected chi connectivity index (χ4v) is 5.75. The van der Waals surface area contributed by atoms with Gasteiger partial charge >= 0.3 is 41.7 Å². The van der Waals surface area contributed by atoms with Crippen molar-refractivity contribution in [1.29, 1.82) is 0 Å². The summed E-state index contributed by atoms with van der Waals surface area (Å²) in [6.07, 6.45) is 3.63. The maximum Gasteiger partial charge on any atom is 0.323 e. The molecule has 3 aromatic rings. The fourth-order valence-electron chi connectivity index (χ4n) is 4.38. The van der Waals surface area contributed by atoms with E-state index in [0.29, 0.717) is 12.5 Å². The van der Waals surface area contributed by atoms with Gasteiger partial charge in [0, 0.05) is 11.6 Å². The number of hydrogen-bond donors (Lipinski definition) is 0. The molecule has 0 aliphatic heterocycles. The Morgan fingerprint density at radius 3 is 1.69 bits per heavy atom. The van der Waals surface area contributed by atoms with E-state index >= 15 is 0 Å². The van der Waals surface area contributed by atoms with Gasteiger partial charge in [-0.1, -0.05) is 17.7 Å². The summed E-state index contributed by atoms with van der Waals surface area (Å²) in [5.74, 6) is -3.56. The Morgan fingerprint density at radius 1 is 0.694 bits per heavy atom. The Balaban J connectivity index is 2.60. The third-order valence-corrected chi connectivity index (χ3v) is 7.48. The lowest BCUT2D eigenvalue weighted by Gasteiger charge is -2.21. The molecule has 3 aromatic carbocycles. The molecule has 0 radical (unpaired) electrons. The normalized spacial score (nSPS) is 11.7. The van der Waals surface area contributed by atoms with E-state index in [4.69, 9.17) is 26.8 Å². The summed E-state index contributed by atoms with van der Waals surface area (Å²) >= 11 is 0. The zero-order valence-electron chi connectivity index (χ0n) is 26.9. The molecule has 266 valence electrons. The number of nitrogens with zero attached hydrogens (tertiary/aromatic N) is 2. The average Bonchev–Trinajstić information content (AvgIpc) is 2.94. The molecule has 0 spiro atoms. The van der Waals surface area contributed by atoms with Gasteiger partial charge in [-0.15, -0.1) is 0 Å². The van der Waals surface area contributed by atoms with E-state index in [1.54, 1.807) is 13.8 Å². The van der Waals surface area contributed by atoms with Gasteiger partial charge in [0.1, 0.15) is 17.9 Å². The molecule has 0 aliphatic carbocycles. The smallest absolute Gasteiger partial charge is 0.323 e. The third-order valence-electron chi connectivity index (χ3n) is 6.04. The number of allylic oxidation sites excluding steroid dienone is 1. The second-order valence-electron chi connectivity index (χ2n) is 10.3. The molecule has 0 fully saturated rings. The van der Waals surface area contributed by atoms with Crippen molar-refractivity contribution in [2.45, 2.75) is 13.8 Å². The van der Waals surface area contributed by atoms with Gasteiger partial charge in [-0.05, 0) is 43.7 Å². The Bertz CT molecular complexity index is 2160. The quantitative estimate of drug-likeness (QED) is 0.0914. The van der Waals surface area contributed by atoms with Gasteiger partial charge in [-0.25, -0.2) is 0 Å². The van der Waals surface area contributed by atoms with Crippen LogP contribution in [0.1, 0.15) is 13.8 Å². The Kier molecular flexibility index (Phi) is 11.4. The average molecular weight is 747 g/mol. The van der Waals surface area contributed by atoms with Crippen LogP contribution in [-0.4, -0.2) is 74.7 Å². The van der Waals surface area contributed by atoms with Gasteiger partial charge in [-0.3, -0.25) is 20.2 Å². The third kappa shape index (κ3) is 9.70. The summed E-state index contributed by atoms with van der Waals surface area (Å²) in [6.45, 7) is 3.18. The van der Waals surface area contributed by atoms with Gasteiger partial charge in [0.15, 0.2) is 17.2 Å². The summed E-state index contributed by atoms with van der Waals surface area (Å²) in [4.78, 5) is 23.2. The first kappa shape index (κ1) is 38.3. The van der Waals surface area contributed by atoms with Crippen molar-refractivity contribution < 1.29 is 61.9 Å². The maximum atomic E-state index is 12.7. The van der Waals surface area contributed by atoms with E-state index in [-0.39, 0.29) is 17.9 Å². The first-order chi connectivity index (χ1) is 22.6.